The number of nitrogens with zero attached hydrogens (tertiary/aromatic N) is 1. The predicted molar refractivity (Wildman–Crippen MR) is 152 cm³/mol. The summed E-state index contributed by atoms with van der Waals surface area (Å²) in [4.78, 5) is 13.5. The van der Waals surface area contributed by atoms with Gasteiger partial charge >= 0.3 is 0 Å². The van der Waals surface area contributed by atoms with E-state index in [1.807, 2.05) is 0 Å². The van der Waals surface area contributed by atoms with Crippen LogP contribution in [0.3, 0.4) is 0 Å². The Kier molecular flexibility index (Phi) is 6.86. The number of carbonyl (C=O) groups excluding carboxylic acids is 1. The van der Waals surface area contributed by atoms with Crippen molar-refractivity contribution in [1.29, 1.82) is 0 Å². The number of hydrogen-bond acceptors (Lipinski definition) is 3. The van der Waals surface area contributed by atoms with E-state index in [1.165, 1.54) is 67.3 Å². The Morgan fingerprint density at radius 3 is 2.50 bits per heavy atom. The summed E-state index contributed by atoms with van der Waals surface area (Å²) < 4.78 is 14.6. The highest BCUT2D eigenvalue weighted by atomic mass is 16.5. The van der Waals surface area contributed by atoms with E-state index in [2.05, 4.69) is 55.8 Å². The molecule has 0 radical (unpaired) electrons. The average molecular weight is 519 g/mol. The molecule has 1 unspecified atom stereocenters. The largest absolute Gasteiger partial charge is 0.493 e. The van der Waals surface area contributed by atoms with E-state index in [1.54, 1.807) is 0 Å². The van der Waals surface area contributed by atoms with Gasteiger partial charge in [-0.25, -0.2) is 0 Å². The van der Waals surface area contributed by atoms with Gasteiger partial charge in [0.25, 0.3) is 5.91 Å². The SMILES string of the molecule is Cc1c(C(=O)NCC2CCCO2)cc(-c2cc(C(C)(C)C)c3c(c2)C2(CCO3)CC2)n1CC1CCCCC1. The highest BCUT2D eigenvalue weighted by molar-refractivity contribution is 5.97. The molecule has 206 valence electrons. The zero-order valence-corrected chi connectivity index (χ0v) is 24.0. The van der Waals surface area contributed by atoms with Gasteiger partial charge in [0.05, 0.1) is 18.3 Å². The Morgan fingerprint density at radius 1 is 1.03 bits per heavy atom. The molecule has 5 nitrogen and oxygen atoms in total. The number of amides is 1. The van der Waals surface area contributed by atoms with Gasteiger partial charge in [-0.15, -0.1) is 0 Å². The summed E-state index contributed by atoms with van der Waals surface area (Å²) in [5.74, 6) is 1.83. The van der Waals surface area contributed by atoms with Crippen LogP contribution in [-0.4, -0.2) is 36.3 Å². The van der Waals surface area contributed by atoms with Crippen LogP contribution in [0.25, 0.3) is 11.3 Å². The molecule has 2 aliphatic heterocycles. The number of ether oxygens (including phenoxy) is 2. The van der Waals surface area contributed by atoms with E-state index in [0.29, 0.717) is 17.9 Å². The molecular weight excluding hydrogens is 472 g/mol. The fraction of sp³-hybridized carbons (Fsp3) is 0.667. The number of hydrogen-bond donors (Lipinski definition) is 1. The molecule has 4 aliphatic rings. The molecule has 1 amide bonds. The second-order valence-electron chi connectivity index (χ2n) is 13.5. The molecule has 1 aromatic carbocycles. The quantitative estimate of drug-likeness (QED) is 0.445. The van der Waals surface area contributed by atoms with Gasteiger partial charge in [0.15, 0.2) is 0 Å². The molecule has 0 bridgehead atoms. The molecule has 2 aliphatic carbocycles. The van der Waals surface area contributed by atoms with Crippen molar-refractivity contribution < 1.29 is 14.3 Å². The number of aromatic nitrogens is 1. The molecule has 6 rings (SSSR count). The van der Waals surface area contributed by atoms with Crippen LogP contribution < -0.4 is 10.1 Å². The van der Waals surface area contributed by atoms with Crippen LogP contribution in [0.2, 0.25) is 0 Å². The van der Waals surface area contributed by atoms with Crippen LogP contribution >= 0.6 is 0 Å². The van der Waals surface area contributed by atoms with Gasteiger partial charge < -0.3 is 19.4 Å². The summed E-state index contributed by atoms with van der Waals surface area (Å²) in [7, 11) is 0. The van der Waals surface area contributed by atoms with E-state index >= 15 is 0 Å². The maximum absolute atomic E-state index is 13.5. The lowest BCUT2D eigenvalue weighted by Gasteiger charge is -2.33. The smallest absolute Gasteiger partial charge is 0.253 e. The first-order chi connectivity index (χ1) is 18.2. The van der Waals surface area contributed by atoms with Crippen LogP contribution in [0, 0.1) is 12.8 Å². The van der Waals surface area contributed by atoms with Gasteiger partial charge in [-0.3, -0.25) is 4.79 Å². The standard InChI is InChI=1S/C33H46N2O3/c1-22-26(31(36)34-20-25-11-8-15-37-25)19-29(35(22)21-23-9-6-5-7-10-23)24-17-27(32(2,3)4)30-28(18-24)33(12-13-33)14-16-38-30/h17-19,23,25H,5-16,20-21H2,1-4H3,(H,34,36). The summed E-state index contributed by atoms with van der Waals surface area (Å²) in [6.07, 6.45) is 12.5. The third-order valence-corrected chi connectivity index (χ3v) is 9.74. The van der Waals surface area contributed by atoms with Crippen molar-refractivity contribution in [2.75, 3.05) is 19.8 Å². The summed E-state index contributed by atoms with van der Waals surface area (Å²) in [6.45, 7) is 12.2. The summed E-state index contributed by atoms with van der Waals surface area (Å²) >= 11 is 0. The first-order valence-electron chi connectivity index (χ1n) is 15.2. The lowest BCUT2D eigenvalue weighted by atomic mass is 9.79. The van der Waals surface area contributed by atoms with Crippen LogP contribution in [0.4, 0.5) is 0 Å². The molecule has 3 heterocycles. The lowest BCUT2D eigenvalue weighted by Crippen LogP contribution is -2.32. The van der Waals surface area contributed by atoms with Gasteiger partial charge in [-0.05, 0) is 87.0 Å². The summed E-state index contributed by atoms with van der Waals surface area (Å²) in [6, 6.07) is 6.94. The van der Waals surface area contributed by atoms with Crippen LogP contribution in [0.1, 0.15) is 112 Å². The Balaban J connectivity index is 1.42. The second kappa shape index (κ2) is 10.0. The van der Waals surface area contributed by atoms with E-state index in [0.717, 1.165) is 56.0 Å². The summed E-state index contributed by atoms with van der Waals surface area (Å²) in [5.41, 5.74) is 7.28. The van der Waals surface area contributed by atoms with Crippen molar-refractivity contribution in [3.63, 3.8) is 0 Å². The Hall–Kier alpha value is -2.27. The highest BCUT2D eigenvalue weighted by Crippen LogP contribution is 2.58. The Labute approximate surface area is 228 Å². The van der Waals surface area contributed by atoms with Crippen molar-refractivity contribution >= 4 is 5.91 Å². The van der Waals surface area contributed by atoms with Gasteiger partial charge in [0.1, 0.15) is 5.75 Å². The fourth-order valence-corrected chi connectivity index (χ4v) is 7.12. The molecule has 38 heavy (non-hydrogen) atoms. The topological polar surface area (TPSA) is 52.5 Å². The summed E-state index contributed by atoms with van der Waals surface area (Å²) in [5, 5.41) is 3.19. The number of carbonyl (C=O) groups is 1. The zero-order chi connectivity index (χ0) is 26.5. The zero-order valence-electron chi connectivity index (χ0n) is 24.0. The monoisotopic (exact) mass is 518 g/mol. The molecular formula is C33H46N2O3. The third-order valence-electron chi connectivity index (χ3n) is 9.74. The van der Waals surface area contributed by atoms with E-state index in [4.69, 9.17) is 9.47 Å². The number of rotatable bonds is 6. The Morgan fingerprint density at radius 2 is 1.82 bits per heavy atom. The predicted octanol–water partition coefficient (Wildman–Crippen LogP) is 7.06. The molecule has 2 saturated carbocycles. The maximum atomic E-state index is 13.5. The van der Waals surface area contributed by atoms with Crippen LogP contribution in [-0.2, 0) is 22.1 Å². The first kappa shape index (κ1) is 26.0. The highest BCUT2D eigenvalue weighted by Gasteiger charge is 2.49. The van der Waals surface area contributed by atoms with Gasteiger partial charge in [0.2, 0.25) is 0 Å². The minimum absolute atomic E-state index is 0.0230. The van der Waals surface area contributed by atoms with Crippen LogP contribution in [0.15, 0.2) is 18.2 Å². The molecule has 1 N–H and O–H groups in total. The molecule has 1 atom stereocenters. The van der Waals surface area contributed by atoms with Gasteiger partial charge in [-0.1, -0.05) is 40.0 Å². The molecule has 5 heteroatoms. The maximum Gasteiger partial charge on any atom is 0.253 e. The number of benzene rings is 1. The van der Waals surface area contributed by atoms with Crippen molar-refractivity contribution in [3.8, 4) is 17.0 Å². The molecule has 1 spiro atoms. The van der Waals surface area contributed by atoms with E-state index < -0.39 is 0 Å². The average Bonchev–Trinajstić information content (AvgIpc) is 3.32. The third kappa shape index (κ3) is 4.92. The van der Waals surface area contributed by atoms with Crippen molar-refractivity contribution in [3.05, 3.63) is 40.6 Å². The molecule has 2 aromatic rings. The normalized spacial score (nSPS) is 22.8. The van der Waals surface area contributed by atoms with Crippen molar-refractivity contribution in [1.82, 2.24) is 9.88 Å². The second-order valence-corrected chi connectivity index (χ2v) is 13.5. The molecule has 1 saturated heterocycles. The lowest BCUT2D eigenvalue weighted by molar-refractivity contribution is 0.0857. The van der Waals surface area contributed by atoms with Gasteiger partial charge in [-0.2, -0.15) is 0 Å². The fourth-order valence-electron chi connectivity index (χ4n) is 7.12. The van der Waals surface area contributed by atoms with E-state index in [-0.39, 0.29) is 17.4 Å². The molecule has 1 aromatic heterocycles. The van der Waals surface area contributed by atoms with Crippen molar-refractivity contribution in [2.45, 2.75) is 115 Å². The van der Waals surface area contributed by atoms with Gasteiger partial charge in [0, 0.05) is 47.6 Å². The van der Waals surface area contributed by atoms with Crippen molar-refractivity contribution in [2.24, 2.45) is 5.92 Å². The first-order valence-corrected chi connectivity index (χ1v) is 15.2. The number of fused-ring (bicyclic) bond motifs is 2. The van der Waals surface area contributed by atoms with E-state index in [9.17, 15) is 4.79 Å². The minimum Gasteiger partial charge on any atom is -0.493 e. The Bertz CT molecular complexity index is 1170. The van der Waals surface area contributed by atoms with Crippen LogP contribution in [0.5, 0.6) is 5.75 Å². The molecule has 3 fully saturated rings. The number of nitrogens with one attached hydrogen (secondary N) is 1. The minimum atomic E-state index is -0.0230.